The van der Waals surface area contributed by atoms with E-state index in [2.05, 4.69) is 5.32 Å². The molecule has 0 amide bonds. The van der Waals surface area contributed by atoms with Crippen LogP contribution in [0.1, 0.15) is 31.1 Å². The summed E-state index contributed by atoms with van der Waals surface area (Å²) in [6.45, 7) is 6.69. The molecule has 0 saturated heterocycles. The van der Waals surface area contributed by atoms with Crippen molar-refractivity contribution in [3.8, 4) is 0 Å². The van der Waals surface area contributed by atoms with E-state index in [0.717, 1.165) is 0 Å². The number of nitrogens with zero attached hydrogens (tertiary/aromatic N) is 1. The maximum Gasteiger partial charge on any atom is 0.293 e. The van der Waals surface area contributed by atoms with Gasteiger partial charge >= 0.3 is 0 Å². The van der Waals surface area contributed by atoms with Gasteiger partial charge in [-0.3, -0.25) is 14.9 Å². The summed E-state index contributed by atoms with van der Waals surface area (Å²) in [5.41, 5.74) is 0.118. The first-order chi connectivity index (χ1) is 8.89. The van der Waals surface area contributed by atoms with E-state index in [1.165, 1.54) is 18.2 Å². The van der Waals surface area contributed by atoms with Crippen LogP contribution in [0.4, 0.5) is 11.4 Å². The summed E-state index contributed by atoms with van der Waals surface area (Å²) in [5.74, 6) is 0. The highest BCUT2D eigenvalue weighted by atomic mass is 16.6. The second kappa shape index (κ2) is 6.29. The molecule has 0 aliphatic carbocycles. The summed E-state index contributed by atoms with van der Waals surface area (Å²) >= 11 is 0. The van der Waals surface area contributed by atoms with Crippen molar-refractivity contribution in [2.24, 2.45) is 0 Å². The van der Waals surface area contributed by atoms with Gasteiger partial charge in [-0.25, -0.2) is 0 Å². The zero-order valence-corrected chi connectivity index (χ0v) is 11.3. The highest BCUT2D eigenvalue weighted by Gasteiger charge is 2.20. The molecule has 1 aromatic carbocycles. The monoisotopic (exact) mass is 266 g/mol. The molecule has 0 aliphatic rings. The molecule has 6 heteroatoms. The number of rotatable bonds is 7. The summed E-state index contributed by atoms with van der Waals surface area (Å²) in [6.07, 6.45) is 0.584. The average molecular weight is 266 g/mol. The third-order valence-corrected chi connectivity index (χ3v) is 2.59. The van der Waals surface area contributed by atoms with Gasteiger partial charge in [-0.2, -0.15) is 0 Å². The van der Waals surface area contributed by atoms with E-state index in [9.17, 15) is 14.9 Å². The number of carbonyl (C=O) groups is 1. The van der Waals surface area contributed by atoms with E-state index in [1.807, 2.05) is 20.8 Å². The van der Waals surface area contributed by atoms with Crippen LogP contribution in [0.15, 0.2) is 18.2 Å². The third-order valence-electron chi connectivity index (χ3n) is 2.59. The van der Waals surface area contributed by atoms with Gasteiger partial charge in [0.2, 0.25) is 0 Å². The van der Waals surface area contributed by atoms with Gasteiger partial charge in [0.05, 0.1) is 10.5 Å². The molecule has 0 spiro atoms. The van der Waals surface area contributed by atoms with Gasteiger partial charge in [-0.05, 0) is 32.9 Å². The lowest BCUT2D eigenvalue weighted by molar-refractivity contribution is -0.384. The van der Waals surface area contributed by atoms with Gasteiger partial charge in [0, 0.05) is 24.8 Å². The second-order valence-corrected chi connectivity index (χ2v) is 4.70. The number of carbonyl (C=O) groups excluding carboxylic acids is 1. The Kier molecular flexibility index (Phi) is 5.00. The predicted octanol–water partition coefficient (Wildman–Crippen LogP) is 2.63. The number of ether oxygens (including phenoxy) is 1. The SMILES string of the molecule is CCOC(C)(C)CNc1ccc(C=O)cc1[N+](=O)[O-]. The van der Waals surface area contributed by atoms with Gasteiger partial charge in [-0.1, -0.05) is 0 Å². The van der Waals surface area contributed by atoms with Crippen molar-refractivity contribution in [3.05, 3.63) is 33.9 Å². The number of hydrogen-bond acceptors (Lipinski definition) is 5. The third kappa shape index (κ3) is 4.33. The Morgan fingerprint density at radius 1 is 1.47 bits per heavy atom. The lowest BCUT2D eigenvalue weighted by Gasteiger charge is -2.25. The number of anilines is 1. The van der Waals surface area contributed by atoms with Gasteiger partial charge in [0.1, 0.15) is 12.0 Å². The molecule has 0 radical (unpaired) electrons. The summed E-state index contributed by atoms with van der Waals surface area (Å²) in [7, 11) is 0. The van der Waals surface area contributed by atoms with Crippen molar-refractivity contribution in [2.45, 2.75) is 26.4 Å². The summed E-state index contributed by atoms with van der Waals surface area (Å²) in [4.78, 5) is 21.1. The molecule has 0 atom stereocenters. The quantitative estimate of drug-likeness (QED) is 0.466. The number of nitro benzene ring substituents is 1. The zero-order valence-electron chi connectivity index (χ0n) is 11.3. The van der Waals surface area contributed by atoms with E-state index in [4.69, 9.17) is 4.74 Å². The molecule has 0 fully saturated rings. The fourth-order valence-electron chi connectivity index (χ4n) is 1.67. The Bertz CT molecular complexity index is 472. The first-order valence-corrected chi connectivity index (χ1v) is 6.01. The van der Waals surface area contributed by atoms with Crippen LogP contribution in [0.25, 0.3) is 0 Å². The minimum Gasteiger partial charge on any atom is -0.377 e. The molecule has 6 nitrogen and oxygen atoms in total. The highest BCUT2D eigenvalue weighted by molar-refractivity contribution is 5.79. The smallest absolute Gasteiger partial charge is 0.293 e. The molecule has 1 N–H and O–H groups in total. The first-order valence-electron chi connectivity index (χ1n) is 6.01. The molecule has 0 saturated carbocycles. The van der Waals surface area contributed by atoms with Crippen LogP contribution >= 0.6 is 0 Å². The second-order valence-electron chi connectivity index (χ2n) is 4.70. The Hall–Kier alpha value is -1.95. The topological polar surface area (TPSA) is 81.5 Å². The maximum absolute atomic E-state index is 11.0. The molecular weight excluding hydrogens is 248 g/mol. The number of aldehydes is 1. The lowest BCUT2D eigenvalue weighted by atomic mass is 10.1. The van der Waals surface area contributed by atoms with Crippen molar-refractivity contribution in [3.63, 3.8) is 0 Å². The van der Waals surface area contributed by atoms with E-state index in [-0.39, 0.29) is 11.3 Å². The van der Waals surface area contributed by atoms with E-state index in [0.29, 0.717) is 25.1 Å². The van der Waals surface area contributed by atoms with Crippen LogP contribution < -0.4 is 5.32 Å². The van der Waals surface area contributed by atoms with Crippen LogP contribution in [0.3, 0.4) is 0 Å². The molecule has 0 unspecified atom stereocenters. The number of hydrogen-bond donors (Lipinski definition) is 1. The Morgan fingerprint density at radius 2 is 2.16 bits per heavy atom. The predicted molar refractivity (Wildman–Crippen MR) is 72.7 cm³/mol. The molecule has 1 rings (SSSR count). The van der Waals surface area contributed by atoms with Gasteiger partial charge < -0.3 is 10.1 Å². The highest BCUT2D eigenvalue weighted by Crippen LogP contribution is 2.25. The standard InChI is InChI=1S/C13H18N2O4/c1-4-19-13(2,3)9-14-11-6-5-10(8-16)7-12(11)15(17)18/h5-8,14H,4,9H2,1-3H3. The van der Waals surface area contributed by atoms with Crippen molar-refractivity contribution in [1.82, 2.24) is 0 Å². The van der Waals surface area contributed by atoms with Crippen molar-refractivity contribution in [2.75, 3.05) is 18.5 Å². The van der Waals surface area contributed by atoms with Gasteiger partial charge in [0.25, 0.3) is 5.69 Å². The van der Waals surface area contributed by atoms with Crippen LogP contribution in [-0.2, 0) is 4.74 Å². The molecule has 0 aromatic heterocycles. The summed E-state index contributed by atoms with van der Waals surface area (Å²) in [6, 6.07) is 4.32. The van der Waals surface area contributed by atoms with Gasteiger partial charge in [-0.15, -0.1) is 0 Å². The number of benzene rings is 1. The fourth-order valence-corrected chi connectivity index (χ4v) is 1.67. The van der Waals surface area contributed by atoms with E-state index < -0.39 is 10.5 Å². The van der Waals surface area contributed by atoms with Crippen LogP contribution in [0.5, 0.6) is 0 Å². The molecule has 19 heavy (non-hydrogen) atoms. The maximum atomic E-state index is 11.0. The Labute approximate surface area is 111 Å². The zero-order chi connectivity index (χ0) is 14.5. The number of nitro groups is 1. The minimum atomic E-state index is -0.511. The van der Waals surface area contributed by atoms with Crippen LogP contribution in [-0.4, -0.2) is 30.0 Å². The van der Waals surface area contributed by atoms with Crippen molar-refractivity contribution in [1.29, 1.82) is 0 Å². The van der Waals surface area contributed by atoms with Gasteiger partial charge in [0.15, 0.2) is 0 Å². The summed E-state index contributed by atoms with van der Waals surface area (Å²) < 4.78 is 5.51. The minimum absolute atomic E-state index is 0.114. The lowest BCUT2D eigenvalue weighted by Crippen LogP contribution is -2.33. The fraction of sp³-hybridized carbons (Fsp3) is 0.462. The van der Waals surface area contributed by atoms with Crippen LogP contribution in [0, 0.1) is 10.1 Å². The van der Waals surface area contributed by atoms with Crippen molar-refractivity contribution < 1.29 is 14.5 Å². The first kappa shape index (κ1) is 15.1. The molecule has 104 valence electrons. The number of nitrogens with one attached hydrogen (secondary N) is 1. The molecule has 0 aliphatic heterocycles. The molecule has 0 heterocycles. The van der Waals surface area contributed by atoms with E-state index >= 15 is 0 Å². The normalized spacial score (nSPS) is 11.1. The van der Waals surface area contributed by atoms with Crippen molar-refractivity contribution >= 4 is 17.7 Å². The summed E-state index contributed by atoms with van der Waals surface area (Å²) in [5, 5.41) is 13.9. The average Bonchev–Trinajstić information content (AvgIpc) is 2.36. The molecule has 0 bridgehead atoms. The Morgan fingerprint density at radius 3 is 2.68 bits per heavy atom. The van der Waals surface area contributed by atoms with Crippen LogP contribution in [0.2, 0.25) is 0 Å². The molecule has 1 aromatic rings. The van der Waals surface area contributed by atoms with E-state index in [1.54, 1.807) is 0 Å². The Balaban J connectivity index is 2.89. The molecular formula is C13H18N2O4. The largest absolute Gasteiger partial charge is 0.377 e.